The zero-order valence-corrected chi connectivity index (χ0v) is 11.3. The van der Waals surface area contributed by atoms with Crippen molar-refractivity contribution in [2.75, 3.05) is 0 Å². The van der Waals surface area contributed by atoms with Crippen LogP contribution in [-0.2, 0) is 12.8 Å². The van der Waals surface area contributed by atoms with E-state index in [-0.39, 0.29) is 17.1 Å². The summed E-state index contributed by atoms with van der Waals surface area (Å²) in [5.74, 6) is 0.0459. The highest BCUT2D eigenvalue weighted by atomic mass is 19.1. The van der Waals surface area contributed by atoms with E-state index < -0.39 is 5.82 Å². The summed E-state index contributed by atoms with van der Waals surface area (Å²) in [6.07, 6.45) is 3.32. The average molecular weight is 270 g/mol. The van der Waals surface area contributed by atoms with E-state index >= 15 is 0 Å². The van der Waals surface area contributed by atoms with Crippen LogP contribution in [0.1, 0.15) is 34.8 Å². The predicted molar refractivity (Wildman–Crippen MR) is 74.9 cm³/mol. The van der Waals surface area contributed by atoms with Crippen molar-refractivity contribution in [2.24, 2.45) is 0 Å². The highest BCUT2D eigenvalue weighted by molar-refractivity contribution is 5.97. The van der Waals surface area contributed by atoms with Gasteiger partial charge in [0, 0.05) is 0 Å². The third-order valence-electron chi connectivity index (χ3n) is 3.63. The lowest BCUT2D eigenvalue weighted by Gasteiger charge is -2.11. The Morgan fingerprint density at radius 3 is 2.75 bits per heavy atom. The summed E-state index contributed by atoms with van der Waals surface area (Å²) >= 11 is 0. The average Bonchev–Trinajstić information content (AvgIpc) is 2.85. The van der Waals surface area contributed by atoms with Crippen LogP contribution in [0.5, 0.6) is 11.5 Å². The number of ketones is 1. The molecule has 0 atom stereocenters. The van der Waals surface area contributed by atoms with Gasteiger partial charge in [0.1, 0.15) is 17.3 Å². The van der Waals surface area contributed by atoms with Gasteiger partial charge < -0.3 is 4.74 Å². The molecule has 0 spiro atoms. The second-order valence-corrected chi connectivity index (χ2v) is 5.06. The number of aryl methyl sites for hydroxylation is 2. The Balaban J connectivity index is 1.95. The van der Waals surface area contributed by atoms with E-state index in [1.165, 1.54) is 24.1 Å². The van der Waals surface area contributed by atoms with Crippen molar-refractivity contribution in [1.82, 2.24) is 0 Å². The number of fused-ring (bicyclic) bond motifs is 1. The molecule has 2 aromatic rings. The highest BCUT2D eigenvalue weighted by Gasteiger charge is 2.16. The normalized spacial score (nSPS) is 13.1. The molecule has 0 saturated carbocycles. The molecule has 0 fully saturated rings. The van der Waals surface area contributed by atoms with Crippen molar-refractivity contribution in [3.63, 3.8) is 0 Å². The number of benzene rings is 2. The molecule has 0 amide bonds. The molecule has 0 N–H and O–H groups in total. The van der Waals surface area contributed by atoms with Gasteiger partial charge in [0.05, 0.1) is 5.56 Å². The Labute approximate surface area is 117 Å². The SMILES string of the molecule is CC(=O)c1c(F)cccc1Oc1ccc2c(c1)CCC2. The summed E-state index contributed by atoms with van der Waals surface area (Å²) in [4.78, 5) is 11.5. The number of hydrogen-bond acceptors (Lipinski definition) is 2. The molecule has 1 aliphatic rings. The molecule has 0 aliphatic heterocycles. The Kier molecular flexibility index (Phi) is 3.26. The van der Waals surface area contributed by atoms with Crippen molar-refractivity contribution in [3.05, 3.63) is 58.9 Å². The van der Waals surface area contributed by atoms with Crippen LogP contribution >= 0.6 is 0 Å². The Hall–Kier alpha value is -2.16. The van der Waals surface area contributed by atoms with Crippen molar-refractivity contribution in [1.29, 1.82) is 0 Å². The quantitative estimate of drug-likeness (QED) is 0.777. The van der Waals surface area contributed by atoms with E-state index in [1.807, 2.05) is 18.2 Å². The van der Waals surface area contributed by atoms with Crippen LogP contribution < -0.4 is 4.74 Å². The summed E-state index contributed by atoms with van der Waals surface area (Å²) in [6, 6.07) is 10.3. The fourth-order valence-corrected chi connectivity index (χ4v) is 2.67. The maximum absolute atomic E-state index is 13.7. The van der Waals surface area contributed by atoms with Gasteiger partial charge in [-0.1, -0.05) is 12.1 Å². The maximum atomic E-state index is 13.7. The molecule has 0 unspecified atom stereocenters. The minimum absolute atomic E-state index is 0.00741. The van der Waals surface area contributed by atoms with E-state index in [4.69, 9.17) is 4.74 Å². The van der Waals surface area contributed by atoms with Crippen molar-refractivity contribution in [2.45, 2.75) is 26.2 Å². The monoisotopic (exact) mass is 270 g/mol. The molecule has 3 rings (SSSR count). The lowest BCUT2D eigenvalue weighted by Crippen LogP contribution is -2.01. The number of Topliss-reactive ketones (excluding diaryl/α,β-unsaturated/α-hetero) is 1. The number of halogens is 1. The number of carbonyl (C=O) groups is 1. The fraction of sp³-hybridized carbons (Fsp3) is 0.235. The number of carbonyl (C=O) groups excluding carboxylic acids is 1. The van der Waals surface area contributed by atoms with Crippen LogP contribution in [0.4, 0.5) is 4.39 Å². The maximum Gasteiger partial charge on any atom is 0.166 e. The first kappa shape index (κ1) is 12.9. The first-order valence-corrected chi connectivity index (χ1v) is 6.74. The van der Waals surface area contributed by atoms with Crippen LogP contribution in [0.3, 0.4) is 0 Å². The molecule has 3 heteroatoms. The molecule has 0 radical (unpaired) electrons. The van der Waals surface area contributed by atoms with Crippen molar-refractivity contribution < 1.29 is 13.9 Å². The smallest absolute Gasteiger partial charge is 0.166 e. The van der Waals surface area contributed by atoms with Crippen LogP contribution in [0.2, 0.25) is 0 Å². The van der Waals surface area contributed by atoms with E-state index in [9.17, 15) is 9.18 Å². The summed E-state index contributed by atoms with van der Waals surface area (Å²) in [7, 11) is 0. The molecule has 2 aromatic carbocycles. The molecular weight excluding hydrogens is 255 g/mol. The zero-order chi connectivity index (χ0) is 14.1. The first-order valence-electron chi connectivity index (χ1n) is 6.74. The lowest BCUT2D eigenvalue weighted by molar-refractivity contribution is 0.101. The lowest BCUT2D eigenvalue weighted by atomic mass is 10.1. The highest BCUT2D eigenvalue weighted by Crippen LogP contribution is 2.31. The molecule has 0 aromatic heterocycles. The number of ether oxygens (including phenoxy) is 1. The minimum Gasteiger partial charge on any atom is -0.456 e. The van der Waals surface area contributed by atoms with Crippen molar-refractivity contribution in [3.8, 4) is 11.5 Å². The van der Waals surface area contributed by atoms with Gasteiger partial charge >= 0.3 is 0 Å². The van der Waals surface area contributed by atoms with Gasteiger partial charge in [-0.3, -0.25) is 4.79 Å². The fourth-order valence-electron chi connectivity index (χ4n) is 2.67. The predicted octanol–water partition coefficient (Wildman–Crippen LogP) is 4.31. The van der Waals surface area contributed by atoms with Crippen LogP contribution in [0.15, 0.2) is 36.4 Å². The Bertz CT molecular complexity index is 677. The van der Waals surface area contributed by atoms with Gasteiger partial charge in [-0.05, 0) is 61.6 Å². The van der Waals surface area contributed by atoms with E-state index in [1.54, 1.807) is 12.1 Å². The second-order valence-electron chi connectivity index (χ2n) is 5.06. The molecule has 1 aliphatic carbocycles. The molecule has 0 heterocycles. The summed E-state index contributed by atoms with van der Waals surface area (Å²) in [6.45, 7) is 1.34. The summed E-state index contributed by atoms with van der Waals surface area (Å²) in [5, 5.41) is 0. The molecular formula is C17H15FO2. The van der Waals surface area contributed by atoms with Crippen molar-refractivity contribution >= 4 is 5.78 Å². The third-order valence-corrected chi connectivity index (χ3v) is 3.63. The molecule has 0 saturated heterocycles. The van der Waals surface area contributed by atoms with E-state index in [0.29, 0.717) is 5.75 Å². The zero-order valence-electron chi connectivity index (χ0n) is 11.3. The molecule has 20 heavy (non-hydrogen) atoms. The van der Waals surface area contributed by atoms with Gasteiger partial charge in [-0.2, -0.15) is 0 Å². The van der Waals surface area contributed by atoms with Gasteiger partial charge in [-0.15, -0.1) is 0 Å². The van der Waals surface area contributed by atoms with Gasteiger partial charge in [-0.25, -0.2) is 4.39 Å². The van der Waals surface area contributed by atoms with Gasteiger partial charge in [0.25, 0.3) is 0 Å². The largest absolute Gasteiger partial charge is 0.456 e. The molecule has 102 valence electrons. The van der Waals surface area contributed by atoms with Gasteiger partial charge in [0.15, 0.2) is 5.78 Å². The summed E-state index contributed by atoms with van der Waals surface area (Å²) < 4.78 is 19.4. The topological polar surface area (TPSA) is 26.3 Å². The second kappa shape index (κ2) is 5.08. The van der Waals surface area contributed by atoms with Crippen LogP contribution in [0.25, 0.3) is 0 Å². The Morgan fingerprint density at radius 2 is 1.95 bits per heavy atom. The van der Waals surface area contributed by atoms with Crippen LogP contribution in [0, 0.1) is 5.82 Å². The molecule has 2 nitrogen and oxygen atoms in total. The standard InChI is InChI=1S/C17H15FO2/c1-11(19)17-15(18)6-3-7-16(17)20-14-9-8-12-4-2-5-13(12)10-14/h3,6-10H,2,4-5H2,1H3. The third kappa shape index (κ3) is 2.31. The summed E-state index contributed by atoms with van der Waals surface area (Å²) in [5.41, 5.74) is 2.64. The first-order chi connectivity index (χ1) is 9.65. The molecule has 0 bridgehead atoms. The van der Waals surface area contributed by atoms with E-state index in [0.717, 1.165) is 19.3 Å². The van der Waals surface area contributed by atoms with Gasteiger partial charge in [0.2, 0.25) is 0 Å². The van der Waals surface area contributed by atoms with E-state index in [2.05, 4.69) is 0 Å². The number of rotatable bonds is 3. The van der Waals surface area contributed by atoms with Crippen LogP contribution in [-0.4, -0.2) is 5.78 Å². The Morgan fingerprint density at radius 1 is 1.15 bits per heavy atom. The number of hydrogen-bond donors (Lipinski definition) is 0. The minimum atomic E-state index is -0.545.